The van der Waals surface area contributed by atoms with Crippen molar-refractivity contribution < 1.29 is 22.8 Å². The van der Waals surface area contributed by atoms with Gasteiger partial charge in [0.25, 0.3) is 0 Å². The van der Waals surface area contributed by atoms with Gasteiger partial charge in [-0.25, -0.2) is 0 Å². The number of nitrogens with zero attached hydrogens (tertiary/aromatic N) is 2. The Hall–Kier alpha value is -2.05. The Balaban J connectivity index is 1.90. The fourth-order valence-corrected chi connectivity index (χ4v) is 2.95. The van der Waals surface area contributed by atoms with Gasteiger partial charge in [-0.1, -0.05) is 30.3 Å². The standard InChI is InChI=1S/C17H21F3N2O2/c1-2-21(12-17(18,19)20)16(24)11-22-10-14(9-15(22)23)8-13-6-4-3-5-7-13/h3-7,14H,2,8-12H2,1H3/t14-/m1/s1. The van der Waals surface area contributed by atoms with Crippen molar-refractivity contribution >= 4 is 11.8 Å². The van der Waals surface area contributed by atoms with Crippen LogP contribution in [-0.2, 0) is 16.0 Å². The number of amides is 2. The van der Waals surface area contributed by atoms with E-state index in [1.165, 1.54) is 11.8 Å². The third-order valence-electron chi connectivity index (χ3n) is 4.09. The van der Waals surface area contributed by atoms with E-state index in [-0.39, 0.29) is 24.9 Å². The molecule has 1 aromatic carbocycles. The van der Waals surface area contributed by atoms with Crippen LogP contribution >= 0.6 is 0 Å². The maximum Gasteiger partial charge on any atom is 0.406 e. The molecule has 0 N–H and O–H groups in total. The summed E-state index contributed by atoms with van der Waals surface area (Å²) in [7, 11) is 0. The highest BCUT2D eigenvalue weighted by atomic mass is 19.4. The van der Waals surface area contributed by atoms with Crippen LogP contribution in [0, 0.1) is 5.92 Å². The second-order valence-electron chi connectivity index (χ2n) is 6.06. The fourth-order valence-electron chi connectivity index (χ4n) is 2.95. The largest absolute Gasteiger partial charge is 0.406 e. The molecule has 1 aliphatic rings. The van der Waals surface area contributed by atoms with Crippen LogP contribution in [-0.4, -0.2) is 54.0 Å². The second kappa shape index (κ2) is 7.68. The van der Waals surface area contributed by atoms with Gasteiger partial charge in [-0.3, -0.25) is 9.59 Å². The van der Waals surface area contributed by atoms with Crippen molar-refractivity contribution in [1.82, 2.24) is 9.80 Å². The van der Waals surface area contributed by atoms with Crippen molar-refractivity contribution in [2.24, 2.45) is 5.92 Å². The second-order valence-corrected chi connectivity index (χ2v) is 6.06. The molecule has 1 aliphatic heterocycles. The number of rotatable bonds is 6. The fraction of sp³-hybridized carbons (Fsp3) is 0.529. The van der Waals surface area contributed by atoms with E-state index in [9.17, 15) is 22.8 Å². The molecule has 0 unspecified atom stereocenters. The van der Waals surface area contributed by atoms with Gasteiger partial charge in [0, 0.05) is 19.5 Å². The normalized spacial score (nSPS) is 18.1. The molecule has 1 saturated heterocycles. The maximum atomic E-state index is 12.5. The monoisotopic (exact) mass is 342 g/mol. The molecule has 0 bridgehead atoms. The van der Waals surface area contributed by atoms with Crippen molar-refractivity contribution in [1.29, 1.82) is 0 Å². The molecule has 24 heavy (non-hydrogen) atoms. The van der Waals surface area contributed by atoms with Gasteiger partial charge in [-0.05, 0) is 24.8 Å². The summed E-state index contributed by atoms with van der Waals surface area (Å²) >= 11 is 0. The molecule has 0 spiro atoms. The Morgan fingerprint density at radius 3 is 2.54 bits per heavy atom. The molecule has 1 heterocycles. The van der Waals surface area contributed by atoms with E-state index in [4.69, 9.17) is 0 Å². The molecular weight excluding hydrogens is 321 g/mol. The number of hydrogen-bond donors (Lipinski definition) is 0. The molecule has 1 fully saturated rings. The number of alkyl halides is 3. The Morgan fingerprint density at radius 1 is 1.29 bits per heavy atom. The highest BCUT2D eigenvalue weighted by Crippen LogP contribution is 2.22. The molecule has 1 atom stereocenters. The van der Waals surface area contributed by atoms with Gasteiger partial charge >= 0.3 is 6.18 Å². The summed E-state index contributed by atoms with van der Waals surface area (Å²) in [6.07, 6.45) is -3.39. The molecule has 0 radical (unpaired) electrons. The lowest BCUT2D eigenvalue weighted by Crippen LogP contribution is -2.44. The molecule has 0 saturated carbocycles. The van der Waals surface area contributed by atoms with E-state index in [1.807, 2.05) is 30.3 Å². The number of benzene rings is 1. The van der Waals surface area contributed by atoms with Gasteiger partial charge in [0.15, 0.2) is 0 Å². The average molecular weight is 342 g/mol. The highest BCUT2D eigenvalue weighted by Gasteiger charge is 2.35. The van der Waals surface area contributed by atoms with Crippen LogP contribution in [0.25, 0.3) is 0 Å². The molecular formula is C17H21F3N2O2. The van der Waals surface area contributed by atoms with Crippen LogP contribution in [0.4, 0.5) is 13.2 Å². The summed E-state index contributed by atoms with van der Waals surface area (Å²) in [4.78, 5) is 26.2. The van der Waals surface area contributed by atoms with E-state index in [0.29, 0.717) is 13.0 Å². The van der Waals surface area contributed by atoms with Gasteiger partial charge in [0.05, 0.1) is 6.54 Å². The summed E-state index contributed by atoms with van der Waals surface area (Å²) in [6.45, 7) is 0.302. The average Bonchev–Trinajstić information content (AvgIpc) is 2.84. The van der Waals surface area contributed by atoms with E-state index in [0.717, 1.165) is 16.9 Å². The van der Waals surface area contributed by atoms with Gasteiger partial charge in [0.2, 0.25) is 11.8 Å². The lowest BCUT2D eigenvalue weighted by molar-refractivity contribution is -0.161. The number of likely N-dealkylation sites (N-methyl/N-ethyl adjacent to an activating group) is 1. The molecule has 132 valence electrons. The minimum Gasteiger partial charge on any atom is -0.333 e. The molecule has 2 amide bonds. The first-order chi connectivity index (χ1) is 11.3. The summed E-state index contributed by atoms with van der Waals surface area (Å²) in [5, 5.41) is 0. The van der Waals surface area contributed by atoms with Crippen LogP contribution < -0.4 is 0 Å². The zero-order valence-electron chi connectivity index (χ0n) is 13.6. The third kappa shape index (κ3) is 5.25. The SMILES string of the molecule is CCN(CC(F)(F)F)C(=O)CN1C[C@H](Cc2ccccc2)CC1=O. The zero-order chi connectivity index (χ0) is 17.7. The number of carbonyl (C=O) groups excluding carboxylic acids is 2. The van der Waals surface area contributed by atoms with Gasteiger partial charge in [-0.2, -0.15) is 13.2 Å². The van der Waals surface area contributed by atoms with Crippen molar-refractivity contribution in [2.45, 2.75) is 25.9 Å². The lowest BCUT2D eigenvalue weighted by Gasteiger charge is -2.25. The van der Waals surface area contributed by atoms with Crippen LogP contribution in [0.5, 0.6) is 0 Å². The highest BCUT2D eigenvalue weighted by molar-refractivity contribution is 5.86. The molecule has 1 aromatic rings. The molecule has 0 aliphatic carbocycles. The summed E-state index contributed by atoms with van der Waals surface area (Å²) in [5.74, 6) is -0.749. The van der Waals surface area contributed by atoms with E-state index < -0.39 is 18.6 Å². The minimum absolute atomic E-state index is 0.0339. The Morgan fingerprint density at radius 2 is 1.96 bits per heavy atom. The van der Waals surface area contributed by atoms with E-state index >= 15 is 0 Å². The zero-order valence-corrected chi connectivity index (χ0v) is 13.6. The topological polar surface area (TPSA) is 40.6 Å². The molecule has 7 heteroatoms. The number of halogens is 3. The predicted octanol–water partition coefficient (Wildman–Crippen LogP) is 2.49. The van der Waals surface area contributed by atoms with Crippen molar-refractivity contribution in [2.75, 3.05) is 26.2 Å². The van der Waals surface area contributed by atoms with Crippen LogP contribution in [0.3, 0.4) is 0 Å². The summed E-state index contributed by atoms with van der Waals surface area (Å²) < 4.78 is 37.4. The van der Waals surface area contributed by atoms with Crippen molar-refractivity contribution in [3.63, 3.8) is 0 Å². The smallest absolute Gasteiger partial charge is 0.333 e. The predicted molar refractivity (Wildman–Crippen MR) is 83.1 cm³/mol. The molecule has 0 aromatic heterocycles. The number of hydrogen-bond acceptors (Lipinski definition) is 2. The third-order valence-corrected chi connectivity index (χ3v) is 4.09. The number of likely N-dealkylation sites (tertiary alicyclic amines) is 1. The van der Waals surface area contributed by atoms with Gasteiger partial charge < -0.3 is 9.80 Å². The first-order valence-corrected chi connectivity index (χ1v) is 7.94. The van der Waals surface area contributed by atoms with Crippen LogP contribution in [0.2, 0.25) is 0 Å². The molecule has 2 rings (SSSR count). The Labute approximate surface area is 139 Å². The van der Waals surface area contributed by atoms with Crippen molar-refractivity contribution in [3.05, 3.63) is 35.9 Å². The maximum absolute atomic E-state index is 12.5. The lowest BCUT2D eigenvalue weighted by atomic mass is 9.99. The Bertz CT molecular complexity index is 575. The summed E-state index contributed by atoms with van der Waals surface area (Å²) in [6, 6.07) is 9.70. The van der Waals surface area contributed by atoms with Gasteiger partial charge in [0.1, 0.15) is 6.54 Å². The van der Waals surface area contributed by atoms with Crippen molar-refractivity contribution in [3.8, 4) is 0 Å². The van der Waals surface area contributed by atoms with E-state index in [1.54, 1.807) is 0 Å². The first kappa shape index (κ1) is 18.3. The Kier molecular flexibility index (Phi) is 5.85. The van der Waals surface area contributed by atoms with Crippen LogP contribution in [0.1, 0.15) is 18.9 Å². The molecule has 4 nitrogen and oxygen atoms in total. The minimum atomic E-state index is -4.43. The van der Waals surface area contributed by atoms with E-state index in [2.05, 4.69) is 0 Å². The van der Waals surface area contributed by atoms with Gasteiger partial charge in [-0.15, -0.1) is 0 Å². The summed E-state index contributed by atoms with van der Waals surface area (Å²) in [5.41, 5.74) is 1.11. The first-order valence-electron chi connectivity index (χ1n) is 7.94. The number of carbonyl (C=O) groups is 2. The quantitative estimate of drug-likeness (QED) is 0.797. The van der Waals surface area contributed by atoms with Crippen LogP contribution in [0.15, 0.2) is 30.3 Å².